The van der Waals surface area contributed by atoms with Gasteiger partial charge in [0.2, 0.25) is 5.91 Å². The molecule has 0 aromatic rings. The van der Waals surface area contributed by atoms with E-state index in [2.05, 4.69) is 13.8 Å². The fraction of sp³-hybridized carbons (Fsp3) is 0.875. The van der Waals surface area contributed by atoms with Crippen LogP contribution < -0.4 is 0 Å². The molecule has 0 N–H and O–H groups in total. The monoisotopic (exact) mass is 141 g/mol. The molecule has 1 amide bonds. The first-order valence-corrected chi connectivity index (χ1v) is 3.92. The van der Waals surface area contributed by atoms with Gasteiger partial charge < -0.3 is 4.90 Å². The Labute approximate surface area is 62.2 Å². The largest absolute Gasteiger partial charge is 0.338 e. The molecule has 2 heteroatoms. The van der Waals surface area contributed by atoms with Crippen LogP contribution in [0.2, 0.25) is 0 Å². The summed E-state index contributed by atoms with van der Waals surface area (Å²) in [7, 11) is 0. The molecule has 0 saturated carbocycles. The van der Waals surface area contributed by atoms with Gasteiger partial charge in [-0.25, -0.2) is 0 Å². The summed E-state index contributed by atoms with van der Waals surface area (Å²) in [5.41, 5.74) is 0. The van der Waals surface area contributed by atoms with Crippen LogP contribution in [0, 0.1) is 0 Å². The van der Waals surface area contributed by atoms with Crippen molar-refractivity contribution in [2.75, 3.05) is 0 Å². The molecule has 58 valence electrons. The smallest absolute Gasteiger partial charge is 0.219 e. The lowest BCUT2D eigenvalue weighted by atomic mass is 10.2. The first kappa shape index (κ1) is 7.58. The van der Waals surface area contributed by atoms with E-state index in [0.717, 1.165) is 0 Å². The molecule has 0 bridgehead atoms. The van der Waals surface area contributed by atoms with Crippen LogP contribution in [0.15, 0.2) is 0 Å². The van der Waals surface area contributed by atoms with Crippen molar-refractivity contribution in [3.05, 3.63) is 0 Å². The third kappa shape index (κ3) is 1.15. The van der Waals surface area contributed by atoms with Crippen LogP contribution in [0.4, 0.5) is 0 Å². The van der Waals surface area contributed by atoms with Crippen molar-refractivity contribution < 1.29 is 4.79 Å². The van der Waals surface area contributed by atoms with Gasteiger partial charge in [-0.15, -0.1) is 0 Å². The van der Waals surface area contributed by atoms with E-state index >= 15 is 0 Å². The Morgan fingerprint density at radius 3 is 1.90 bits per heavy atom. The van der Waals surface area contributed by atoms with Crippen molar-refractivity contribution in [3.63, 3.8) is 0 Å². The molecule has 1 fully saturated rings. The van der Waals surface area contributed by atoms with E-state index in [1.807, 2.05) is 4.90 Å². The van der Waals surface area contributed by atoms with Crippen LogP contribution in [-0.2, 0) is 4.79 Å². The highest BCUT2D eigenvalue weighted by molar-refractivity contribution is 5.74. The van der Waals surface area contributed by atoms with Crippen LogP contribution in [0.5, 0.6) is 0 Å². The van der Waals surface area contributed by atoms with Crippen molar-refractivity contribution >= 4 is 5.91 Å². The minimum atomic E-state index is 0.220. The fourth-order valence-corrected chi connectivity index (χ4v) is 1.82. The van der Waals surface area contributed by atoms with Gasteiger partial charge in [0.15, 0.2) is 0 Å². The SMILES string of the molecule is CC(=O)N1C(C)CCC1C. The molecule has 2 unspecified atom stereocenters. The van der Waals surface area contributed by atoms with Gasteiger partial charge in [0, 0.05) is 19.0 Å². The molecule has 1 aliphatic heterocycles. The lowest BCUT2D eigenvalue weighted by Gasteiger charge is -2.24. The van der Waals surface area contributed by atoms with E-state index in [-0.39, 0.29) is 5.91 Å². The molecule has 0 spiro atoms. The molecule has 2 nitrogen and oxygen atoms in total. The highest BCUT2D eigenvalue weighted by Gasteiger charge is 2.28. The first-order valence-electron chi connectivity index (χ1n) is 3.92. The number of hydrogen-bond donors (Lipinski definition) is 0. The predicted octanol–water partition coefficient (Wildman–Crippen LogP) is 1.41. The van der Waals surface area contributed by atoms with Gasteiger partial charge in [-0.3, -0.25) is 4.79 Å². The second-order valence-electron chi connectivity index (χ2n) is 3.20. The average molecular weight is 141 g/mol. The second-order valence-corrected chi connectivity index (χ2v) is 3.20. The lowest BCUT2D eigenvalue weighted by molar-refractivity contribution is -0.131. The molecule has 2 atom stereocenters. The quantitative estimate of drug-likeness (QED) is 0.499. The lowest BCUT2D eigenvalue weighted by Crippen LogP contribution is -2.36. The Balaban J connectivity index is 2.63. The number of carbonyl (C=O) groups excluding carboxylic acids is 1. The van der Waals surface area contributed by atoms with E-state index in [4.69, 9.17) is 0 Å². The summed E-state index contributed by atoms with van der Waals surface area (Å²) in [5, 5.41) is 0. The molecule has 0 aromatic carbocycles. The Morgan fingerprint density at radius 2 is 1.70 bits per heavy atom. The van der Waals surface area contributed by atoms with E-state index in [0.29, 0.717) is 12.1 Å². The molecule has 0 aromatic heterocycles. The summed E-state index contributed by atoms with van der Waals surface area (Å²) in [6.45, 7) is 5.88. The molecular formula is C8H15NO. The van der Waals surface area contributed by atoms with Crippen LogP contribution in [0.3, 0.4) is 0 Å². The van der Waals surface area contributed by atoms with Gasteiger partial charge in [0.05, 0.1) is 0 Å². The zero-order valence-electron chi connectivity index (χ0n) is 6.92. The number of nitrogens with zero attached hydrogens (tertiary/aromatic N) is 1. The third-order valence-corrected chi connectivity index (χ3v) is 2.32. The van der Waals surface area contributed by atoms with Crippen molar-refractivity contribution in [2.24, 2.45) is 0 Å². The van der Waals surface area contributed by atoms with Gasteiger partial charge >= 0.3 is 0 Å². The van der Waals surface area contributed by atoms with Crippen molar-refractivity contribution in [3.8, 4) is 0 Å². The number of amides is 1. The fourth-order valence-electron chi connectivity index (χ4n) is 1.82. The van der Waals surface area contributed by atoms with Crippen molar-refractivity contribution in [2.45, 2.75) is 45.7 Å². The van der Waals surface area contributed by atoms with Crippen LogP contribution in [0.1, 0.15) is 33.6 Å². The Bertz CT molecular complexity index is 134. The summed E-state index contributed by atoms with van der Waals surface area (Å²) < 4.78 is 0. The minimum absolute atomic E-state index is 0.220. The second kappa shape index (κ2) is 2.60. The summed E-state index contributed by atoms with van der Waals surface area (Å²) >= 11 is 0. The van der Waals surface area contributed by atoms with Crippen LogP contribution >= 0.6 is 0 Å². The van der Waals surface area contributed by atoms with Gasteiger partial charge in [-0.2, -0.15) is 0 Å². The molecular weight excluding hydrogens is 126 g/mol. The van der Waals surface area contributed by atoms with Gasteiger partial charge in [0.1, 0.15) is 0 Å². The molecule has 1 aliphatic rings. The van der Waals surface area contributed by atoms with Crippen LogP contribution in [-0.4, -0.2) is 22.9 Å². The maximum atomic E-state index is 11.0. The number of rotatable bonds is 0. The highest BCUT2D eigenvalue weighted by Crippen LogP contribution is 2.22. The zero-order valence-corrected chi connectivity index (χ0v) is 6.92. The summed E-state index contributed by atoms with van der Waals surface area (Å²) in [6.07, 6.45) is 2.33. The number of carbonyl (C=O) groups is 1. The van der Waals surface area contributed by atoms with Crippen molar-refractivity contribution in [1.82, 2.24) is 4.90 Å². The summed E-state index contributed by atoms with van der Waals surface area (Å²) in [4.78, 5) is 13.0. The van der Waals surface area contributed by atoms with E-state index in [1.165, 1.54) is 12.8 Å². The first-order chi connectivity index (χ1) is 4.63. The molecule has 1 saturated heterocycles. The predicted molar refractivity (Wildman–Crippen MR) is 40.7 cm³/mol. The van der Waals surface area contributed by atoms with E-state index in [1.54, 1.807) is 6.92 Å². The van der Waals surface area contributed by atoms with E-state index in [9.17, 15) is 4.79 Å². The highest BCUT2D eigenvalue weighted by atomic mass is 16.2. The average Bonchev–Trinajstić information content (AvgIpc) is 2.11. The van der Waals surface area contributed by atoms with Gasteiger partial charge in [0.25, 0.3) is 0 Å². The maximum Gasteiger partial charge on any atom is 0.219 e. The summed E-state index contributed by atoms with van der Waals surface area (Å²) in [5.74, 6) is 0.220. The normalized spacial score (nSPS) is 32.9. The van der Waals surface area contributed by atoms with Crippen molar-refractivity contribution in [1.29, 1.82) is 0 Å². The topological polar surface area (TPSA) is 20.3 Å². The maximum absolute atomic E-state index is 11.0. The third-order valence-electron chi connectivity index (χ3n) is 2.32. The standard InChI is InChI=1S/C8H15NO/c1-6-4-5-7(2)9(6)8(3)10/h6-7H,4-5H2,1-3H3. The molecule has 1 heterocycles. The Kier molecular flexibility index (Phi) is 1.97. The van der Waals surface area contributed by atoms with E-state index < -0.39 is 0 Å². The molecule has 0 radical (unpaired) electrons. The van der Waals surface area contributed by atoms with Gasteiger partial charge in [-0.1, -0.05) is 0 Å². The molecule has 10 heavy (non-hydrogen) atoms. The minimum Gasteiger partial charge on any atom is -0.338 e. The Hall–Kier alpha value is -0.530. The Morgan fingerprint density at radius 1 is 1.30 bits per heavy atom. The summed E-state index contributed by atoms with van der Waals surface area (Å²) in [6, 6.07) is 0.931. The van der Waals surface area contributed by atoms with Crippen LogP contribution in [0.25, 0.3) is 0 Å². The number of hydrogen-bond acceptors (Lipinski definition) is 1. The molecule has 0 aliphatic carbocycles. The van der Waals surface area contributed by atoms with Gasteiger partial charge in [-0.05, 0) is 26.7 Å². The number of likely N-dealkylation sites (tertiary alicyclic amines) is 1. The zero-order chi connectivity index (χ0) is 7.72. The molecule has 1 rings (SSSR count).